The van der Waals surface area contributed by atoms with Gasteiger partial charge in [-0.15, -0.1) is 0 Å². The number of hydrogen-bond acceptors (Lipinski definition) is 2. The summed E-state index contributed by atoms with van der Waals surface area (Å²) in [5.74, 6) is 0.00481. The average Bonchev–Trinajstić information content (AvgIpc) is 3.24. The van der Waals surface area contributed by atoms with Gasteiger partial charge in [0.05, 0.1) is 28.0 Å². The van der Waals surface area contributed by atoms with Gasteiger partial charge in [-0.1, -0.05) is 91.0 Å². The van der Waals surface area contributed by atoms with Gasteiger partial charge in [-0.2, -0.15) is 0 Å². The minimum absolute atomic E-state index is 0.00481. The third-order valence-corrected chi connectivity index (χ3v) is 6.01. The first-order valence-corrected chi connectivity index (χ1v) is 11.0. The molecule has 0 aliphatic rings. The molecule has 0 bridgehead atoms. The number of nitrogens with zero attached hydrogens (tertiary/aromatic N) is 2. The van der Waals surface area contributed by atoms with Crippen LogP contribution in [0.2, 0.25) is 0 Å². The molecule has 3 aromatic heterocycles. The molecule has 0 aliphatic carbocycles. The predicted molar refractivity (Wildman–Crippen MR) is 133 cm³/mol. The number of benzene rings is 3. The van der Waals surface area contributed by atoms with Crippen molar-refractivity contribution in [1.29, 1.82) is 0 Å². The van der Waals surface area contributed by atoms with Gasteiger partial charge >= 0.3 is 0 Å². The molecule has 3 aromatic carbocycles. The second-order valence-corrected chi connectivity index (χ2v) is 8.00. The average molecular weight is 425 g/mol. The maximum absolute atomic E-state index is 13.9. The van der Waals surface area contributed by atoms with Crippen molar-refractivity contribution < 1.29 is 4.79 Å². The molecule has 0 aliphatic heterocycles. The quantitative estimate of drug-likeness (QED) is 0.284. The number of pyridine rings is 2. The fourth-order valence-corrected chi connectivity index (χ4v) is 4.51. The molecule has 3 heterocycles. The lowest BCUT2D eigenvalue weighted by atomic mass is 9.94. The van der Waals surface area contributed by atoms with Crippen molar-refractivity contribution in [1.82, 2.24) is 9.38 Å². The summed E-state index contributed by atoms with van der Waals surface area (Å²) < 4.78 is 2.09. The number of ketones is 1. The molecule has 6 rings (SSSR count). The Morgan fingerprint density at radius 1 is 0.667 bits per heavy atom. The lowest BCUT2D eigenvalue weighted by molar-refractivity contribution is 0.104. The summed E-state index contributed by atoms with van der Waals surface area (Å²) in [6.07, 6.45) is 2.01. The molecule has 156 valence electrons. The maximum atomic E-state index is 13.9. The highest BCUT2D eigenvalue weighted by atomic mass is 16.1. The lowest BCUT2D eigenvalue weighted by Crippen LogP contribution is -2.02. The van der Waals surface area contributed by atoms with E-state index in [1.807, 2.05) is 97.2 Å². The zero-order valence-corrected chi connectivity index (χ0v) is 17.8. The fraction of sp³-hybridized carbons (Fsp3) is 0. The van der Waals surface area contributed by atoms with Crippen LogP contribution in [0.1, 0.15) is 15.9 Å². The van der Waals surface area contributed by atoms with Crippen LogP contribution in [0, 0.1) is 0 Å². The molecule has 0 saturated heterocycles. The highest BCUT2D eigenvalue weighted by Gasteiger charge is 2.26. The normalized spacial score (nSPS) is 11.2. The van der Waals surface area contributed by atoms with Crippen LogP contribution in [-0.2, 0) is 0 Å². The molecule has 0 fully saturated rings. The molecule has 6 aromatic rings. The number of hydrogen-bond donors (Lipinski definition) is 0. The zero-order chi connectivity index (χ0) is 22.2. The number of para-hydroxylation sites is 1. The van der Waals surface area contributed by atoms with Crippen LogP contribution in [0.15, 0.2) is 121 Å². The summed E-state index contributed by atoms with van der Waals surface area (Å²) in [6, 6.07) is 37.8. The van der Waals surface area contributed by atoms with Crippen molar-refractivity contribution in [3.05, 3.63) is 133 Å². The van der Waals surface area contributed by atoms with E-state index in [9.17, 15) is 4.79 Å². The van der Waals surface area contributed by atoms with Crippen molar-refractivity contribution in [3.8, 4) is 22.5 Å². The summed E-state index contributed by atoms with van der Waals surface area (Å²) in [6.45, 7) is 0. The first-order chi connectivity index (χ1) is 16.3. The van der Waals surface area contributed by atoms with E-state index >= 15 is 0 Å². The molecule has 0 saturated carbocycles. The molecule has 33 heavy (non-hydrogen) atoms. The Bertz CT molecular complexity index is 1620. The molecular weight excluding hydrogens is 404 g/mol. The second-order valence-electron chi connectivity index (χ2n) is 8.00. The molecule has 0 spiro atoms. The van der Waals surface area contributed by atoms with Gasteiger partial charge in [0.15, 0.2) is 5.78 Å². The smallest absolute Gasteiger partial charge is 0.195 e. The van der Waals surface area contributed by atoms with Crippen molar-refractivity contribution in [2.75, 3.05) is 0 Å². The zero-order valence-electron chi connectivity index (χ0n) is 17.8. The second kappa shape index (κ2) is 7.88. The SMILES string of the molecule is O=C(c1ccccc1)c1c(-c2ccccc2)c(-c2ccc3ccccc3n2)n2ccccc12. The van der Waals surface area contributed by atoms with Gasteiger partial charge in [-0.3, -0.25) is 4.79 Å². The van der Waals surface area contributed by atoms with Crippen LogP contribution in [-0.4, -0.2) is 15.2 Å². The van der Waals surface area contributed by atoms with E-state index in [-0.39, 0.29) is 5.78 Å². The van der Waals surface area contributed by atoms with Gasteiger partial charge < -0.3 is 4.40 Å². The number of carbonyl (C=O) groups is 1. The Labute approximate surface area is 191 Å². The van der Waals surface area contributed by atoms with Gasteiger partial charge in [-0.05, 0) is 29.8 Å². The summed E-state index contributed by atoms with van der Waals surface area (Å²) in [7, 11) is 0. The standard InChI is InChI=1S/C30H20N2O/c33-30(23-14-5-2-6-15-23)28-26-17-9-10-20-32(26)29(27(28)22-12-3-1-4-13-22)25-19-18-21-11-7-8-16-24(21)31-25/h1-20H. The van der Waals surface area contributed by atoms with Crippen LogP contribution in [0.3, 0.4) is 0 Å². The molecular formula is C30H20N2O. The van der Waals surface area contributed by atoms with Crippen molar-refractivity contribution in [3.63, 3.8) is 0 Å². The van der Waals surface area contributed by atoms with Crippen molar-refractivity contribution in [2.24, 2.45) is 0 Å². The third kappa shape index (κ3) is 3.22. The summed E-state index contributed by atoms with van der Waals surface area (Å²) in [5.41, 5.74) is 6.81. The van der Waals surface area contributed by atoms with Crippen LogP contribution in [0.25, 0.3) is 38.9 Å². The Hall–Kier alpha value is -4.50. The first-order valence-electron chi connectivity index (χ1n) is 11.0. The van der Waals surface area contributed by atoms with Crippen LogP contribution in [0.5, 0.6) is 0 Å². The molecule has 3 heteroatoms. The van der Waals surface area contributed by atoms with Crippen LogP contribution in [0.4, 0.5) is 0 Å². The third-order valence-electron chi connectivity index (χ3n) is 6.01. The van der Waals surface area contributed by atoms with Gasteiger partial charge in [0.1, 0.15) is 0 Å². The van der Waals surface area contributed by atoms with Crippen LogP contribution >= 0.6 is 0 Å². The number of carbonyl (C=O) groups excluding carboxylic acids is 1. The van der Waals surface area contributed by atoms with Crippen molar-refractivity contribution >= 4 is 22.2 Å². The predicted octanol–water partition coefficient (Wildman–Crippen LogP) is 7.05. The first kappa shape index (κ1) is 19.2. The molecule has 0 atom stereocenters. The Kier molecular flexibility index (Phi) is 4.59. The van der Waals surface area contributed by atoms with E-state index in [1.165, 1.54) is 0 Å². The topological polar surface area (TPSA) is 34.4 Å². The molecule has 0 radical (unpaired) electrons. The van der Waals surface area contributed by atoms with E-state index in [0.29, 0.717) is 11.1 Å². The number of fused-ring (bicyclic) bond motifs is 2. The van der Waals surface area contributed by atoms with Crippen LogP contribution < -0.4 is 0 Å². The highest BCUT2D eigenvalue weighted by Crippen LogP contribution is 2.40. The molecule has 0 N–H and O–H groups in total. The number of aromatic nitrogens is 2. The van der Waals surface area contributed by atoms with Gasteiger partial charge in [0.25, 0.3) is 0 Å². The summed E-state index contributed by atoms with van der Waals surface area (Å²) in [5, 5.41) is 1.09. The lowest BCUT2D eigenvalue weighted by Gasteiger charge is -2.09. The largest absolute Gasteiger partial charge is 0.314 e. The molecule has 0 amide bonds. The van der Waals surface area contributed by atoms with Gasteiger partial charge in [0.2, 0.25) is 0 Å². The van der Waals surface area contributed by atoms with Gasteiger partial charge in [0, 0.05) is 22.7 Å². The number of rotatable bonds is 4. The summed E-state index contributed by atoms with van der Waals surface area (Å²) in [4.78, 5) is 18.9. The monoisotopic (exact) mass is 424 g/mol. The van der Waals surface area contributed by atoms with E-state index in [0.717, 1.165) is 38.9 Å². The summed E-state index contributed by atoms with van der Waals surface area (Å²) >= 11 is 0. The fourth-order valence-electron chi connectivity index (χ4n) is 4.51. The van der Waals surface area contributed by atoms with Gasteiger partial charge in [-0.25, -0.2) is 4.98 Å². The minimum Gasteiger partial charge on any atom is -0.314 e. The Balaban J connectivity index is 1.73. The maximum Gasteiger partial charge on any atom is 0.195 e. The highest BCUT2D eigenvalue weighted by molar-refractivity contribution is 6.19. The Morgan fingerprint density at radius 3 is 2.18 bits per heavy atom. The minimum atomic E-state index is 0.00481. The molecule has 0 unspecified atom stereocenters. The molecule has 3 nitrogen and oxygen atoms in total. The Morgan fingerprint density at radius 2 is 1.36 bits per heavy atom. The van der Waals surface area contributed by atoms with Crippen molar-refractivity contribution in [2.45, 2.75) is 0 Å². The van der Waals surface area contributed by atoms with E-state index in [1.54, 1.807) is 0 Å². The van der Waals surface area contributed by atoms with E-state index in [4.69, 9.17) is 4.98 Å². The van der Waals surface area contributed by atoms with E-state index < -0.39 is 0 Å². The van der Waals surface area contributed by atoms with E-state index in [2.05, 4.69) is 28.7 Å².